The van der Waals surface area contributed by atoms with Gasteiger partial charge in [0.1, 0.15) is 0 Å². The van der Waals surface area contributed by atoms with Crippen LogP contribution >= 0.6 is 11.8 Å². The van der Waals surface area contributed by atoms with Crippen LogP contribution in [0.2, 0.25) is 0 Å². The van der Waals surface area contributed by atoms with Crippen LogP contribution in [-0.2, 0) is 0 Å². The lowest BCUT2D eigenvalue weighted by Gasteiger charge is -2.17. The number of nitrogens with one attached hydrogen (secondary N) is 1. The van der Waals surface area contributed by atoms with E-state index in [-0.39, 0.29) is 0 Å². The second kappa shape index (κ2) is 6.56. The molecule has 0 aliphatic rings. The maximum Gasteiger partial charge on any atom is 0.214 e. The lowest BCUT2D eigenvalue weighted by atomic mass is 10.2. The minimum atomic E-state index is 0.507. The Morgan fingerprint density at radius 1 is 1.60 bits per heavy atom. The van der Waals surface area contributed by atoms with E-state index in [1.165, 1.54) is 0 Å². The normalized spacial score (nSPS) is 12.2. The summed E-state index contributed by atoms with van der Waals surface area (Å²) in [6, 6.07) is 4.39. The first-order valence-corrected chi connectivity index (χ1v) is 6.45. The molecule has 0 aliphatic heterocycles. The zero-order valence-corrected chi connectivity index (χ0v) is 10.3. The van der Waals surface area contributed by atoms with E-state index >= 15 is 0 Å². The number of rotatable bonds is 6. The predicted molar refractivity (Wildman–Crippen MR) is 66.9 cm³/mol. The van der Waals surface area contributed by atoms with Gasteiger partial charge in [-0.2, -0.15) is 11.8 Å². The maximum absolute atomic E-state index is 5.07. The fourth-order valence-corrected chi connectivity index (χ4v) is 2.03. The fraction of sp³-hybridized carbons (Fsp3) is 0.545. The topological polar surface area (TPSA) is 34.2 Å². The highest BCUT2D eigenvalue weighted by atomic mass is 32.2. The molecule has 0 aliphatic carbocycles. The van der Waals surface area contributed by atoms with Gasteiger partial charge in [0.15, 0.2) is 0 Å². The van der Waals surface area contributed by atoms with Crippen LogP contribution in [0.3, 0.4) is 0 Å². The van der Waals surface area contributed by atoms with Crippen LogP contribution in [0, 0.1) is 0 Å². The van der Waals surface area contributed by atoms with Gasteiger partial charge in [0.05, 0.1) is 7.11 Å². The van der Waals surface area contributed by atoms with Crippen molar-refractivity contribution >= 4 is 17.4 Å². The summed E-state index contributed by atoms with van der Waals surface area (Å²) in [5.41, 5.74) is 1.07. The van der Waals surface area contributed by atoms with Crippen molar-refractivity contribution in [1.29, 1.82) is 0 Å². The number of hydrogen-bond donors (Lipinski definition) is 1. The largest absolute Gasteiger partial charge is 0.481 e. The Balaban J connectivity index is 2.61. The monoisotopic (exact) mass is 226 g/mol. The van der Waals surface area contributed by atoms with Crippen LogP contribution < -0.4 is 10.1 Å². The zero-order chi connectivity index (χ0) is 11.1. The SMILES string of the molecule is CCC(CSC)Nc1ccnc(OC)c1. The molecule has 84 valence electrons. The fourth-order valence-electron chi connectivity index (χ4n) is 1.31. The van der Waals surface area contributed by atoms with Gasteiger partial charge in [-0.1, -0.05) is 6.92 Å². The van der Waals surface area contributed by atoms with E-state index in [9.17, 15) is 0 Å². The molecule has 3 nitrogen and oxygen atoms in total. The quantitative estimate of drug-likeness (QED) is 0.808. The Morgan fingerprint density at radius 3 is 3.00 bits per heavy atom. The highest BCUT2D eigenvalue weighted by Crippen LogP contribution is 2.16. The van der Waals surface area contributed by atoms with Gasteiger partial charge < -0.3 is 10.1 Å². The first-order valence-electron chi connectivity index (χ1n) is 5.05. The third-order valence-corrected chi connectivity index (χ3v) is 2.91. The lowest BCUT2D eigenvalue weighted by molar-refractivity contribution is 0.398. The Morgan fingerprint density at radius 2 is 2.40 bits per heavy atom. The summed E-state index contributed by atoms with van der Waals surface area (Å²) in [6.07, 6.45) is 5.00. The molecule has 0 saturated heterocycles. The minimum absolute atomic E-state index is 0.507. The molecule has 4 heteroatoms. The molecule has 1 atom stereocenters. The van der Waals surface area contributed by atoms with Crippen LogP contribution in [0.4, 0.5) is 5.69 Å². The summed E-state index contributed by atoms with van der Waals surface area (Å²) >= 11 is 1.85. The predicted octanol–water partition coefficient (Wildman–Crippen LogP) is 2.64. The number of pyridine rings is 1. The molecule has 0 fully saturated rings. The van der Waals surface area contributed by atoms with Gasteiger partial charge in [-0.25, -0.2) is 4.98 Å². The maximum atomic E-state index is 5.07. The molecule has 1 N–H and O–H groups in total. The smallest absolute Gasteiger partial charge is 0.214 e. The molecule has 1 rings (SSSR count). The van der Waals surface area contributed by atoms with Crippen LogP contribution in [0.1, 0.15) is 13.3 Å². The molecule has 0 saturated carbocycles. The summed E-state index contributed by atoms with van der Waals surface area (Å²) in [5.74, 6) is 1.76. The third-order valence-electron chi connectivity index (χ3n) is 2.18. The molecular weight excluding hydrogens is 208 g/mol. The van der Waals surface area contributed by atoms with Crippen LogP contribution in [0.15, 0.2) is 18.3 Å². The molecule has 1 heterocycles. The van der Waals surface area contributed by atoms with Crippen molar-refractivity contribution < 1.29 is 4.74 Å². The average Bonchev–Trinajstić information content (AvgIpc) is 2.29. The summed E-state index contributed by atoms with van der Waals surface area (Å²) in [5, 5.41) is 3.46. The van der Waals surface area contributed by atoms with Crippen molar-refractivity contribution in [2.45, 2.75) is 19.4 Å². The van der Waals surface area contributed by atoms with Crippen molar-refractivity contribution in [2.24, 2.45) is 0 Å². The Bertz CT molecular complexity index is 294. The molecule has 0 radical (unpaired) electrons. The van der Waals surface area contributed by atoms with Gasteiger partial charge in [0.25, 0.3) is 0 Å². The van der Waals surface area contributed by atoms with Crippen molar-refractivity contribution in [3.05, 3.63) is 18.3 Å². The summed E-state index contributed by atoms with van der Waals surface area (Å²) < 4.78 is 5.07. The van der Waals surface area contributed by atoms with Crippen molar-refractivity contribution in [2.75, 3.05) is 24.4 Å². The van der Waals surface area contributed by atoms with Gasteiger partial charge in [0, 0.05) is 29.7 Å². The van der Waals surface area contributed by atoms with E-state index in [4.69, 9.17) is 4.74 Å². The van der Waals surface area contributed by atoms with Gasteiger partial charge in [-0.15, -0.1) is 0 Å². The van der Waals surface area contributed by atoms with Crippen LogP contribution in [0.5, 0.6) is 5.88 Å². The van der Waals surface area contributed by atoms with Gasteiger partial charge in [-0.3, -0.25) is 0 Å². The number of anilines is 1. The molecule has 0 bridgehead atoms. The molecule has 15 heavy (non-hydrogen) atoms. The summed E-state index contributed by atoms with van der Waals surface area (Å²) in [6.45, 7) is 2.19. The number of nitrogens with zero attached hydrogens (tertiary/aromatic N) is 1. The Hall–Kier alpha value is -0.900. The first-order chi connectivity index (χ1) is 7.30. The molecule has 0 aromatic carbocycles. The first kappa shape index (κ1) is 12.2. The van der Waals surface area contributed by atoms with Gasteiger partial charge in [-0.05, 0) is 18.7 Å². The Labute approximate surface area is 95.6 Å². The van der Waals surface area contributed by atoms with Crippen molar-refractivity contribution in [1.82, 2.24) is 4.98 Å². The average molecular weight is 226 g/mol. The molecule has 0 amide bonds. The van der Waals surface area contributed by atoms with Gasteiger partial charge >= 0.3 is 0 Å². The minimum Gasteiger partial charge on any atom is -0.481 e. The lowest BCUT2D eigenvalue weighted by Crippen LogP contribution is -2.21. The second-order valence-electron chi connectivity index (χ2n) is 3.29. The second-order valence-corrected chi connectivity index (χ2v) is 4.20. The molecular formula is C11H18N2OS. The van der Waals surface area contributed by atoms with Gasteiger partial charge in [0.2, 0.25) is 5.88 Å². The standard InChI is InChI=1S/C11H18N2OS/c1-4-9(8-15-3)13-10-5-6-12-11(7-10)14-2/h5-7,9H,4,8H2,1-3H3,(H,12,13). The number of methoxy groups -OCH3 is 1. The number of aromatic nitrogens is 1. The third kappa shape index (κ3) is 4.00. The van der Waals surface area contributed by atoms with E-state index in [1.807, 2.05) is 23.9 Å². The number of thioether (sulfide) groups is 1. The van der Waals surface area contributed by atoms with E-state index in [0.29, 0.717) is 11.9 Å². The highest BCUT2D eigenvalue weighted by Gasteiger charge is 2.05. The van der Waals surface area contributed by atoms with E-state index in [2.05, 4.69) is 23.5 Å². The Kier molecular flexibility index (Phi) is 5.32. The zero-order valence-electron chi connectivity index (χ0n) is 9.49. The van der Waals surface area contributed by atoms with Crippen molar-refractivity contribution in [3.63, 3.8) is 0 Å². The molecule has 1 aromatic rings. The number of ether oxygens (including phenoxy) is 1. The highest BCUT2D eigenvalue weighted by molar-refractivity contribution is 7.98. The van der Waals surface area contributed by atoms with Crippen LogP contribution in [-0.4, -0.2) is 30.1 Å². The summed E-state index contributed by atoms with van der Waals surface area (Å²) in [4.78, 5) is 4.07. The molecule has 0 spiro atoms. The molecule has 1 aromatic heterocycles. The number of hydrogen-bond acceptors (Lipinski definition) is 4. The van der Waals surface area contributed by atoms with E-state index < -0.39 is 0 Å². The van der Waals surface area contributed by atoms with Crippen molar-refractivity contribution in [3.8, 4) is 5.88 Å². The molecule has 1 unspecified atom stereocenters. The van der Waals surface area contributed by atoms with Crippen LogP contribution in [0.25, 0.3) is 0 Å². The van der Waals surface area contributed by atoms with E-state index in [1.54, 1.807) is 13.3 Å². The summed E-state index contributed by atoms with van der Waals surface area (Å²) in [7, 11) is 1.63. The van der Waals surface area contributed by atoms with E-state index in [0.717, 1.165) is 17.9 Å².